The van der Waals surface area contributed by atoms with Gasteiger partial charge in [-0.3, -0.25) is 4.79 Å². The van der Waals surface area contributed by atoms with Crippen molar-refractivity contribution in [2.45, 2.75) is 26.3 Å². The van der Waals surface area contributed by atoms with Gasteiger partial charge in [0.15, 0.2) is 0 Å². The molecular weight excluding hydrogens is 252 g/mol. The van der Waals surface area contributed by atoms with Crippen LogP contribution in [0.1, 0.15) is 20.3 Å². The van der Waals surface area contributed by atoms with E-state index in [2.05, 4.69) is 0 Å². The lowest BCUT2D eigenvalue weighted by atomic mass is 10.2. The highest BCUT2D eigenvalue weighted by Gasteiger charge is 2.24. The first-order valence-electron chi connectivity index (χ1n) is 6.36. The summed E-state index contributed by atoms with van der Waals surface area (Å²) in [5, 5.41) is 17.4. The first-order valence-corrected chi connectivity index (χ1v) is 6.36. The van der Waals surface area contributed by atoms with Gasteiger partial charge in [-0.2, -0.15) is 0 Å². The van der Waals surface area contributed by atoms with Crippen LogP contribution in [0.15, 0.2) is 0 Å². The van der Waals surface area contributed by atoms with Crippen molar-refractivity contribution >= 4 is 12.0 Å². The average Bonchev–Trinajstić information content (AvgIpc) is 2.38. The molecule has 1 unspecified atom stereocenters. The Morgan fingerprint density at radius 2 is 1.95 bits per heavy atom. The molecule has 2 N–H and O–H groups in total. The lowest BCUT2D eigenvalue weighted by Gasteiger charge is -2.31. The molecule has 19 heavy (non-hydrogen) atoms. The number of urea groups is 1. The van der Waals surface area contributed by atoms with E-state index >= 15 is 0 Å². The number of carbonyl (C=O) groups is 2. The van der Waals surface area contributed by atoms with E-state index in [0.29, 0.717) is 19.6 Å². The average molecular weight is 276 g/mol. The summed E-state index contributed by atoms with van der Waals surface area (Å²) in [5.74, 6) is -1.03. The summed E-state index contributed by atoms with van der Waals surface area (Å²) in [6.07, 6.45) is 0.688. The van der Waals surface area contributed by atoms with Crippen LogP contribution >= 0.6 is 0 Å². The van der Waals surface area contributed by atoms with Crippen molar-refractivity contribution in [3.63, 3.8) is 0 Å². The highest BCUT2D eigenvalue weighted by atomic mass is 16.5. The highest BCUT2D eigenvalue weighted by molar-refractivity contribution is 5.80. The number of likely N-dealkylation sites (N-methyl/N-ethyl adjacent to an activating group) is 1. The van der Waals surface area contributed by atoms with E-state index < -0.39 is 5.97 Å². The largest absolute Gasteiger partial charge is 0.480 e. The van der Waals surface area contributed by atoms with Crippen LogP contribution in [0, 0.1) is 0 Å². The van der Waals surface area contributed by atoms with Crippen LogP contribution in [0.3, 0.4) is 0 Å². The monoisotopic (exact) mass is 276 g/mol. The molecule has 0 saturated carbocycles. The van der Waals surface area contributed by atoms with Crippen molar-refractivity contribution in [3.05, 3.63) is 0 Å². The predicted molar refractivity (Wildman–Crippen MR) is 70.0 cm³/mol. The molecule has 0 fully saturated rings. The van der Waals surface area contributed by atoms with Gasteiger partial charge in [0.25, 0.3) is 0 Å². The number of carbonyl (C=O) groups excluding carboxylic acids is 1. The van der Waals surface area contributed by atoms with Gasteiger partial charge in [-0.15, -0.1) is 0 Å². The molecule has 7 heteroatoms. The normalized spacial score (nSPS) is 12.0. The molecule has 0 saturated heterocycles. The van der Waals surface area contributed by atoms with Crippen LogP contribution in [0.25, 0.3) is 0 Å². The van der Waals surface area contributed by atoms with Gasteiger partial charge in [-0.05, 0) is 13.3 Å². The molecule has 0 aliphatic carbocycles. The molecule has 0 aromatic carbocycles. The van der Waals surface area contributed by atoms with Crippen molar-refractivity contribution in [2.75, 3.05) is 40.0 Å². The number of nitrogens with zero attached hydrogens (tertiary/aromatic N) is 2. The minimum absolute atomic E-state index is 0.0599. The van der Waals surface area contributed by atoms with Crippen LogP contribution in [0.5, 0.6) is 0 Å². The van der Waals surface area contributed by atoms with Gasteiger partial charge in [-0.25, -0.2) is 4.79 Å². The topological polar surface area (TPSA) is 90.3 Å². The number of aliphatic hydroxyl groups is 1. The van der Waals surface area contributed by atoms with Gasteiger partial charge in [-0.1, -0.05) is 6.92 Å². The molecule has 0 radical (unpaired) electrons. The predicted octanol–water partition coefficient (Wildman–Crippen LogP) is 0.232. The zero-order chi connectivity index (χ0) is 14.8. The Kier molecular flexibility index (Phi) is 8.90. The molecule has 0 spiro atoms. The molecule has 0 heterocycles. The van der Waals surface area contributed by atoms with Crippen molar-refractivity contribution in [3.8, 4) is 0 Å². The van der Waals surface area contributed by atoms with Gasteiger partial charge in [0.1, 0.15) is 6.54 Å². The second-order valence-electron chi connectivity index (χ2n) is 4.32. The Morgan fingerprint density at radius 3 is 2.42 bits per heavy atom. The first-order chi connectivity index (χ1) is 8.93. The molecule has 1 atom stereocenters. The van der Waals surface area contributed by atoms with Crippen LogP contribution < -0.4 is 0 Å². The van der Waals surface area contributed by atoms with Gasteiger partial charge in [0, 0.05) is 19.6 Å². The summed E-state index contributed by atoms with van der Waals surface area (Å²) < 4.78 is 5.07. The summed E-state index contributed by atoms with van der Waals surface area (Å²) in [6.45, 7) is 4.24. The minimum atomic E-state index is -1.03. The maximum absolute atomic E-state index is 12.1. The lowest BCUT2D eigenvalue weighted by molar-refractivity contribution is -0.138. The molecule has 7 nitrogen and oxygen atoms in total. The highest BCUT2D eigenvalue weighted by Crippen LogP contribution is 2.07. The Bertz CT molecular complexity index is 285. The number of ether oxygens (including phenoxy) is 1. The van der Waals surface area contributed by atoms with E-state index in [1.165, 1.54) is 9.80 Å². The number of amides is 2. The third kappa shape index (κ3) is 6.97. The Balaban J connectivity index is 4.39. The van der Waals surface area contributed by atoms with Gasteiger partial charge < -0.3 is 24.7 Å². The number of hydrogen-bond donors (Lipinski definition) is 2. The molecule has 0 aliphatic heterocycles. The third-order valence-corrected chi connectivity index (χ3v) is 2.81. The summed E-state index contributed by atoms with van der Waals surface area (Å²) in [6, 6.07) is -0.464. The molecule has 0 aliphatic rings. The maximum Gasteiger partial charge on any atom is 0.323 e. The zero-order valence-electron chi connectivity index (χ0n) is 11.8. The summed E-state index contributed by atoms with van der Waals surface area (Å²) >= 11 is 0. The molecule has 112 valence electrons. The zero-order valence-corrected chi connectivity index (χ0v) is 11.8. The van der Waals surface area contributed by atoms with Gasteiger partial charge in [0.2, 0.25) is 0 Å². The van der Waals surface area contributed by atoms with Crippen LogP contribution in [0.2, 0.25) is 0 Å². The maximum atomic E-state index is 12.1. The molecular formula is C12H24N2O5. The molecule has 0 bridgehead atoms. The summed E-state index contributed by atoms with van der Waals surface area (Å²) in [5.41, 5.74) is 0. The number of rotatable bonds is 9. The third-order valence-electron chi connectivity index (χ3n) is 2.81. The molecule has 0 aromatic heterocycles. The standard InChI is InChI=1S/C12H24N2O5/c1-4-10(2)14(9-11(16)17)12(18)13(3)5-7-19-8-6-15/h10,15H,4-9H2,1-3H3,(H,16,17). The second-order valence-corrected chi connectivity index (χ2v) is 4.32. The van der Waals surface area contributed by atoms with Gasteiger partial charge >= 0.3 is 12.0 Å². The summed E-state index contributed by atoms with van der Waals surface area (Å²) in [7, 11) is 1.60. The summed E-state index contributed by atoms with van der Waals surface area (Å²) in [4.78, 5) is 25.7. The molecule has 2 amide bonds. The Morgan fingerprint density at radius 1 is 1.32 bits per heavy atom. The van der Waals surface area contributed by atoms with Crippen LogP contribution in [-0.2, 0) is 9.53 Å². The van der Waals surface area contributed by atoms with Crippen LogP contribution in [0.4, 0.5) is 4.79 Å². The Labute approximate surface area is 113 Å². The lowest BCUT2D eigenvalue weighted by Crippen LogP contribution is -2.48. The van der Waals surface area contributed by atoms with Crippen molar-refractivity contribution < 1.29 is 24.5 Å². The fourth-order valence-electron chi connectivity index (χ4n) is 1.46. The van der Waals surface area contributed by atoms with Gasteiger partial charge in [0.05, 0.1) is 19.8 Å². The number of hydrogen-bond acceptors (Lipinski definition) is 4. The smallest absolute Gasteiger partial charge is 0.323 e. The van der Waals surface area contributed by atoms with E-state index in [1.54, 1.807) is 7.05 Å². The van der Waals surface area contributed by atoms with E-state index in [1.807, 2.05) is 13.8 Å². The molecule has 0 rings (SSSR count). The number of aliphatic carboxylic acids is 1. The van der Waals surface area contributed by atoms with E-state index in [9.17, 15) is 9.59 Å². The van der Waals surface area contributed by atoms with Crippen molar-refractivity contribution in [1.29, 1.82) is 0 Å². The fraction of sp³-hybridized carbons (Fsp3) is 0.833. The number of aliphatic hydroxyl groups excluding tert-OH is 1. The molecule has 0 aromatic rings. The van der Waals surface area contributed by atoms with Crippen molar-refractivity contribution in [1.82, 2.24) is 9.80 Å². The quantitative estimate of drug-likeness (QED) is 0.588. The SMILES string of the molecule is CCC(C)N(CC(=O)O)C(=O)N(C)CCOCCO. The van der Waals surface area contributed by atoms with Crippen LogP contribution in [-0.4, -0.2) is 78.0 Å². The van der Waals surface area contributed by atoms with E-state index in [0.717, 1.165) is 0 Å². The Hall–Kier alpha value is -1.34. The first kappa shape index (κ1) is 17.7. The fourth-order valence-corrected chi connectivity index (χ4v) is 1.46. The van der Waals surface area contributed by atoms with E-state index in [-0.39, 0.29) is 31.8 Å². The van der Waals surface area contributed by atoms with Crippen molar-refractivity contribution in [2.24, 2.45) is 0 Å². The minimum Gasteiger partial charge on any atom is -0.480 e. The number of carboxylic acids is 1. The number of carboxylic acid groups (broad SMARTS) is 1. The van der Waals surface area contributed by atoms with E-state index in [4.69, 9.17) is 14.9 Å². The second kappa shape index (κ2) is 9.57.